The Balaban J connectivity index is 2.07. The van der Waals surface area contributed by atoms with E-state index in [1.54, 1.807) is 18.2 Å². The van der Waals surface area contributed by atoms with Gasteiger partial charge in [0.15, 0.2) is 0 Å². The summed E-state index contributed by atoms with van der Waals surface area (Å²) in [5.41, 5.74) is 12.7. The molecule has 4 N–H and O–H groups in total. The van der Waals surface area contributed by atoms with Crippen LogP contribution in [-0.2, 0) is 6.42 Å². The van der Waals surface area contributed by atoms with Gasteiger partial charge in [0.2, 0.25) is 0 Å². The Morgan fingerprint density at radius 2 is 2.05 bits per heavy atom. The van der Waals surface area contributed by atoms with Crippen molar-refractivity contribution in [3.8, 4) is 0 Å². The van der Waals surface area contributed by atoms with Crippen LogP contribution in [0, 0.1) is 5.82 Å². The zero-order chi connectivity index (χ0) is 14.5. The van der Waals surface area contributed by atoms with Crippen LogP contribution in [-0.4, -0.2) is 15.4 Å². The number of nitrogens with zero attached hydrogens (tertiary/aromatic N) is 2. The Hall–Kier alpha value is -1.37. The number of hydrogen-bond acceptors (Lipinski definition) is 5. The summed E-state index contributed by atoms with van der Waals surface area (Å²) in [6.45, 7) is 2.07. The van der Waals surface area contributed by atoms with Crippen LogP contribution in [0.25, 0.3) is 0 Å². The fraction of sp³-hybridized carbons (Fsp3) is 0.429. The maximum atomic E-state index is 13.6. The number of nitrogens with two attached hydrogens (primary N) is 2. The Morgan fingerprint density at radius 3 is 2.75 bits per heavy atom. The fourth-order valence-electron chi connectivity index (χ4n) is 1.98. The number of hydrogen-bond donors (Lipinski definition) is 2. The number of halogens is 1. The molecule has 0 amide bonds. The van der Waals surface area contributed by atoms with Crippen LogP contribution >= 0.6 is 11.5 Å². The lowest BCUT2D eigenvalue weighted by molar-refractivity contribution is 0.504. The molecule has 2 atom stereocenters. The quantitative estimate of drug-likeness (QED) is 0.857. The molecule has 0 aliphatic rings. The van der Waals surface area contributed by atoms with Gasteiger partial charge in [-0.15, -0.1) is 0 Å². The van der Waals surface area contributed by atoms with E-state index in [0.717, 1.165) is 17.8 Å². The molecule has 2 rings (SSSR count). The first-order valence-electron chi connectivity index (χ1n) is 6.68. The summed E-state index contributed by atoms with van der Waals surface area (Å²) in [6.07, 6.45) is 2.21. The van der Waals surface area contributed by atoms with Crippen LogP contribution in [0.3, 0.4) is 0 Å². The van der Waals surface area contributed by atoms with Gasteiger partial charge >= 0.3 is 0 Å². The molecule has 0 spiro atoms. The van der Waals surface area contributed by atoms with Gasteiger partial charge in [-0.3, -0.25) is 0 Å². The molecule has 0 radical (unpaired) electrons. The van der Waals surface area contributed by atoms with Gasteiger partial charge in [-0.2, -0.15) is 4.37 Å². The predicted octanol–water partition coefficient (Wildman–Crippen LogP) is 2.40. The molecule has 1 aromatic heterocycles. The topological polar surface area (TPSA) is 77.8 Å². The zero-order valence-corrected chi connectivity index (χ0v) is 12.2. The summed E-state index contributed by atoms with van der Waals surface area (Å²) >= 11 is 1.25. The molecule has 1 aromatic carbocycles. The summed E-state index contributed by atoms with van der Waals surface area (Å²) < 4.78 is 17.8. The molecule has 0 fully saturated rings. The van der Waals surface area contributed by atoms with Crippen molar-refractivity contribution in [1.29, 1.82) is 0 Å². The highest BCUT2D eigenvalue weighted by molar-refractivity contribution is 7.05. The average Bonchev–Trinajstić information content (AvgIpc) is 2.89. The lowest BCUT2D eigenvalue weighted by Crippen LogP contribution is -2.33. The first-order chi connectivity index (χ1) is 9.61. The maximum Gasteiger partial charge on any atom is 0.147 e. The zero-order valence-electron chi connectivity index (χ0n) is 11.4. The molecule has 0 aliphatic heterocycles. The Kier molecular flexibility index (Phi) is 5.17. The van der Waals surface area contributed by atoms with Gasteiger partial charge in [-0.25, -0.2) is 9.37 Å². The molecule has 108 valence electrons. The minimum absolute atomic E-state index is 0.116. The third-order valence-electron chi connectivity index (χ3n) is 3.16. The smallest absolute Gasteiger partial charge is 0.147 e. The van der Waals surface area contributed by atoms with E-state index in [2.05, 4.69) is 16.3 Å². The van der Waals surface area contributed by atoms with E-state index < -0.39 is 0 Å². The van der Waals surface area contributed by atoms with Gasteiger partial charge in [0.1, 0.15) is 16.6 Å². The third kappa shape index (κ3) is 3.59. The SMILES string of the molecule is CCCC(N)C(N)c1nc(Cc2ccccc2F)ns1. The highest BCUT2D eigenvalue weighted by atomic mass is 32.1. The maximum absolute atomic E-state index is 13.6. The average molecular weight is 294 g/mol. The van der Waals surface area contributed by atoms with Gasteiger partial charge in [-0.05, 0) is 29.6 Å². The van der Waals surface area contributed by atoms with Crippen molar-refractivity contribution in [3.05, 3.63) is 46.5 Å². The van der Waals surface area contributed by atoms with Crippen molar-refractivity contribution >= 4 is 11.5 Å². The van der Waals surface area contributed by atoms with E-state index in [1.807, 2.05) is 0 Å². The minimum atomic E-state index is -0.304. The second-order valence-electron chi connectivity index (χ2n) is 4.80. The van der Waals surface area contributed by atoms with E-state index in [4.69, 9.17) is 11.5 Å². The lowest BCUT2D eigenvalue weighted by Gasteiger charge is -2.15. The van der Waals surface area contributed by atoms with Gasteiger partial charge in [-0.1, -0.05) is 31.5 Å². The summed E-state index contributed by atoms with van der Waals surface area (Å²) in [5.74, 6) is 0.352. The molecule has 0 bridgehead atoms. The molecule has 0 aliphatic carbocycles. The van der Waals surface area contributed by atoms with E-state index in [1.165, 1.54) is 17.6 Å². The molecule has 0 saturated heterocycles. The van der Waals surface area contributed by atoms with E-state index in [-0.39, 0.29) is 17.9 Å². The van der Waals surface area contributed by atoms with Crippen LogP contribution in [0.2, 0.25) is 0 Å². The normalized spacial score (nSPS) is 14.2. The highest BCUT2D eigenvalue weighted by Crippen LogP contribution is 2.20. The molecule has 20 heavy (non-hydrogen) atoms. The van der Waals surface area contributed by atoms with Crippen molar-refractivity contribution in [2.75, 3.05) is 0 Å². The lowest BCUT2D eigenvalue weighted by atomic mass is 10.1. The molecule has 2 unspecified atom stereocenters. The molecule has 4 nitrogen and oxygen atoms in total. The van der Waals surface area contributed by atoms with Crippen molar-refractivity contribution in [1.82, 2.24) is 9.36 Å². The molecule has 6 heteroatoms. The monoisotopic (exact) mass is 294 g/mol. The van der Waals surface area contributed by atoms with Crippen LogP contribution in [0.5, 0.6) is 0 Å². The Labute approximate surface area is 122 Å². The largest absolute Gasteiger partial charge is 0.326 e. The van der Waals surface area contributed by atoms with E-state index in [9.17, 15) is 4.39 Å². The minimum Gasteiger partial charge on any atom is -0.326 e. The van der Waals surface area contributed by atoms with Crippen LogP contribution < -0.4 is 11.5 Å². The summed E-state index contributed by atoms with van der Waals surface area (Å²) in [7, 11) is 0. The van der Waals surface area contributed by atoms with Crippen LogP contribution in [0.15, 0.2) is 24.3 Å². The van der Waals surface area contributed by atoms with Gasteiger partial charge in [0, 0.05) is 12.5 Å². The van der Waals surface area contributed by atoms with Crippen molar-refractivity contribution < 1.29 is 4.39 Å². The standard InChI is InChI=1S/C14H19FN4S/c1-2-5-11(16)13(17)14-18-12(19-20-14)8-9-6-3-4-7-10(9)15/h3-4,6-7,11,13H,2,5,8,16-17H2,1H3. The highest BCUT2D eigenvalue weighted by Gasteiger charge is 2.19. The molecular weight excluding hydrogens is 275 g/mol. The summed E-state index contributed by atoms with van der Waals surface area (Å²) in [6, 6.07) is 6.22. The number of benzene rings is 1. The molecule has 1 heterocycles. The Bertz CT molecular complexity index is 558. The summed E-state index contributed by atoms with van der Waals surface area (Å²) in [4.78, 5) is 4.39. The number of rotatable bonds is 6. The first-order valence-corrected chi connectivity index (χ1v) is 7.46. The van der Waals surface area contributed by atoms with Crippen LogP contribution in [0.1, 0.15) is 42.2 Å². The van der Waals surface area contributed by atoms with Crippen molar-refractivity contribution in [2.24, 2.45) is 11.5 Å². The Morgan fingerprint density at radius 1 is 1.30 bits per heavy atom. The number of aromatic nitrogens is 2. The molecule has 2 aromatic rings. The molecular formula is C14H19FN4S. The second kappa shape index (κ2) is 6.88. The molecule has 0 saturated carbocycles. The van der Waals surface area contributed by atoms with Gasteiger partial charge in [0.05, 0.1) is 6.04 Å². The van der Waals surface area contributed by atoms with Gasteiger partial charge < -0.3 is 11.5 Å². The van der Waals surface area contributed by atoms with Crippen molar-refractivity contribution in [2.45, 2.75) is 38.3 Å². The third-order valence-corrected chi connectivity index (χ3v) is 4.01. The van der Waals surface area contributed by atoms with E-state index >= 15 is 0 Å². The van der Waals surface area contributed by atoms with Crippen LogP contribution in [0.4, 0.5) is 4.39 Å². The fourth-order valence-corrected chi connectivity index (χ4v) is 2.73. The van der Waals surface area contributed by atoms with Gasteiger partial charge in [0.25, 0.3) is 0 Å². The predicted molar refractivity (Wildman–Crippen MR) is 78.9 cm³/mol. The first kappa shape index (κ1) is 15.0. The summed E-state index contributed by atoms with van der Waals surface area (Å²) in [5, 5.41) is 0.720. The van der Waals surface area contributed by atoms with Crippen molar-refractivity contribution in [3.63, 3.8) is 0 Å². The second-order valence-corrected chi connectivity index (χ2v) is 5.58. The van der Waals surface area contributed by atoms with E-state index in [0.29, 0.717) is 17.8 Å².